The summed E-state index contributed by atoms with van der Waals surface area (Å²) in [6.07, 6.45) is 0.564. The number of hydrogen-bond acceptors (Lipinski definition) is 4. The van der Waals surface area contributed by atoms with E-state index in [4.69, 9.17) is 0 Å². The molecule has 3 aromatic rings. The molecule has 0 bridgehead atoms. The average Bonchev–Trinajstić information content (AvgIpc) is 2.62. The van der Waals surface area contributed by atoms with Gasteiger partial charge in [-0.15, -0.1) is 0 Å². The van der Waals surface area contributed by atoms with Crippen molar-refractivity contribution in [3.05, 3.63) is 83.2 Å². The van der Waals surface area contributed by atoms with Gasteiger partial charge in [0.05, 0.1) is 0 Å². The van der Waals surface area contributed by atoms with E-state index in [2.05, 4.69) is 20.6 Å². The molecular weight excluding hydrogens is 334 g/mol. The summed E-state index contributed by atoms with van der Waals surface area (Å²) in [4.78, 5) is 8.70. The van der Waals surface area contributed by atoms with Gasteiger partial charge >= 0.3 is 0 Å². The van der Waals surface area contributed by atoms with Crippen LogP contribution in [-0.2, 0) is 13.0 Å². The lowest BCUT2D eigenvalue weighted by Gasteiger charge is -2.11. The lowest BCUT2D eigenvalue weighted by atomic mass is 10.1. The fourth-order valence-corrected chi connectivity index (χ4v) is 2.57. The number of aromatic nitrogens is 2. The Labute approximate surface area is 151 Å². The minimum atomic E-state index is -0.257. The van der Waals surface area contributed by atoms with Crippen LogP contribution in [0.2, 0.25) is 0 Å². The standard InChI is InChI=1S/C20H20F2N4/c1-14-25-19(23-11-10-16-4-2-3-5-18(16)22)12-20(26-14)24-13-15-6-8-17(21)9-7-15/h2-9,12H,10-11,13H2,1H3,(H2,23,24,25,26). The van der Waals surface area contributed by atoms with E-state index in [9.17, 15) is 8.78 Å². The summed E-state index contributed by atoms with van der Waals surface area (Å²) in [5.74, 6) is 1.52. The fourth-order valence-electron chi connectivity index (χ4n) is 2.57. The Kier molecular flexibility index (Phi) is 5.73. The number of rotatable bonds is 7. The molecule has 2 aromatic carbocycles. The van der Waals surface area contributed by atoms with Crippen molar-refractivity contribution in [1.29, 1.82) is 0 Å². The van der Waals surface area contributed by atoms with Gasteiger partial charge in [-0.1, -0.05) is 30.3 Å². The van der Waals surface area contributed by atoms with Crippen molar-refractivity contribution in [3.63, 3.8) is 0 Å². The Morgan fingerprint density at radius 3 is 2.31 bits per heavy atom. The van der Waals surface area contributed by atoms with Gasteiger partial charge in [-0.05, 0) is 42.7 Å². The van der Waals surface area contributed by atoms with E-state index in [1.807, 2.05) is 13.0 Å². The molecule has 0 unspecified atom stereocenters. The maximum Gasteiger partial charge on any atom is 0.132 e. The van der Waals surface area contributed by atoms with Crippen molar-refractivity contribution in [2.45, 2.75) is 19.9 Å². The third-order valence-electron chi connectivity index (χ3n) is 3.88. The summed E-state index contributed by atoms with van der Waals surface area (Å²) >= 11 is 0. The number of aryl methyl sites for hydroxylation is 1. The molecule has 0 spiro atoms. The van der Waals surface area contributed by atoms with Crippen LogP contribution < -0.4 is 10.6 Å². The first-order valence-electron chi connectivity index (χ1n) is 8.41. The van der Waals surface area contributed by atoms with Gasteiger partial charge in [0.15, 0.2) is 0 Å². The number of nitrogens with zero attached hydrogens (tertiary/aromatic N) is 2. The van der Waals surface area contributed by atoms with E-state index in [0.717, 1.165) is 5.56 Å². The van der Waals surface area contributed by atoms with Crippen LogP contribution in [0, 0.1) is 18.6 Å². The zero-order valence-corrected chi connectivity index (χ0v) is 14.5. The molecular formula is C20H20F2N4. The highest BCUT2D eigenvalue weighted by molar-refractivity contribution is 5.48. The molecule has 1 heterocycles. The number of nitrogens with one attached hydrogen (secondary N) is 2. The Hall–Kier alpha value is -3.02. The van der Waals surface area contributed by atoms with Gasteiger partial charge in [0.2, 0.25) is 0 Å². The first-order valence-corrected chi connectivity index (χ1v) is 8.41. The highest BCUT2D eigenvalue weighted by Gasteiger charge is 2.04. The van der Waals surface area contributed by atoms with Crippen molar-refractivity contribution in [2.75, 3.05) is 17.2 Å². The van der Waals surface area contributed by atoms with Crippen molar-refractivity contribution < 1.29 is 8.78 Å². The zero-order chi connectivity index (χ0) is 18.4. The van der Waals surface area contributed by atoms with Crippen molar-refractivity contribution in [3.8, 4) is 0 Å². The van der Waals surface area contributed by atoms with Crippen LogP contribution in [0.3, 0.4) is 0 Å². The first kappa shape index (κ1) is 17.8. The largest absolute Gasteiger partial charge is 0.370 e. The van der Waals surface area contributed by atoms with E-state index in [0.29, 0.717) is 42.5 Å². The molecule has 0 fully saturated rings. The maximum absolute atomic E-state index is 13.6. The number of halogens is 2. The van der Waals surface area contributed by atoms with Gasteiger partial charge < -0.3 is 10.6 Å². The lowest BCUT2D eigenvalue weighted by Crippen LogP contribution is -2.10. The highest BCUT2D eigenvalue weighted by Crippen LogP contribution is 2.14. The Balaban J connectivity index is 1.58. The highest BCUT2D eigenvalue weighted by atomic mass is 19.1. The van der Waals surface area contributed by atoms with Crippen LogP contribution in [0.1, 0.15) is 17.0 Å². The molecule has 0 radical (unpaired) electrons. The second-order valence-electron chi connectivity index (χ2n) is 5.93. The molecule has 3 rings (SSSR count). The van der Waals surface area contributed by atoms with E-state index < -0.39 is 0 Å². The predicted octanol–water partition coefficient (Wildman–Crippen LogP) is 4.33. The molecule has 0 saturated heterocycles. The van der Waals surface area contributed by atoms with Crippen LogP contribution in [0.15, 0.2) is 54.6 Å². The molecule has 1 aromatic heterocycles. The normalized spacial score (nSPS) is 10.6. The molecule has 4 nitrogen and oxygen atoms in total. The molecule has 0 aliphatic heterocycles. The minimum Gasteiger partial charge on any atom is -0.370 e. The van der Waals surface area contributed by atoms with Crippen LogP contribution in [0.25, 0.3) is 0 Å². The van der Waals surface area contributed by atoms with Gasteiger partial charge in [0, 0.05) is 19.2 Å². The number of anilines is 2. The zero-order valence-electron chi connectivity index (χ0n) is 14.5. The van der Waals surface area contributed by atoms with E-state index in [-0.39, 0.29) is 11.6 Å². The summed E-state index contributed by atoms with van der Waals surface area (Å²) in [7, 11) is 0. The van der Waals surface area contributed by atoms with Gasteiger partial charge in [-0.2, -0.15) is 0 Å². The van der Waals surface area contributed by atoms with E-state index in [1.165, 1.54) is 18.2 Å². The van der Waals surface area contributed by atoms with Gasteiger partial charge in [0.25, 0.3) is 0 Å². The topological polar surface area (TPSA) is 49.8 Å². The Bertz CT molecular complexity index is 866. The molecule has 0 atom stereocenters. The van der Waals surface area contributed by atoms with Crippen molar-refractivity contribution in [1.82, 2.24) is 9.97 Å². The molecule has 0 aliphatic rings. The summed E-state index contributed by atoms with van der Waals surface area (Å²) in [5, 5.41) is 6.41. The monoisotopic (exact) mass is 354 g/mol. The first-order chi connectivity index (χ1) is 12.6. The third-order valence-corrected chi connectivity index (χ3v) is 3.88. The van der Waals surface area contributed by atoms with Crippen molar-refractivity contribution >= 4 is 11.6 Å². The summed E-state index contributed by atoms with van der Waals surface area (Å²) < 4.78 is 26.6. The molecule has 2 N–H and O–H groups in total. The SMILES string of the molecule is Cc1nc(NCCc2ccccc2F)cc(NCc2ccc(F)cc2)n1. The van der Waals surface area contributed by atoms with E-state index in [1.54, 1.807) is 30.3 Å². The quantitative estimate of drug-likeness (QED) is 0.663. The smallest absolute Gasteiger partial charge is 0.132 e. The van der Waals surface area contributed by atoms with Crippen LogP contribution in [-0.4, -0.2) is 16.5 Å². The molecule has 6 heteroatoms. The van der Waals surface area contributed by atoms with Gasteiger partial charge in [0.1, 0.15) is 29.1 Å². The summed E-state index contributed by atoms with van der Waals surface area (Å²) in [6.45, 7) is 2.91. The molecule has 134 valence electrons. The Morgan fingerprint density at radius 2 is 1.58 bits per heavy atom. The van der Waals surface area contributed by atoms with Crippen molar-refractivity contribution in [2.24, 2.45) is 0 Å². The third kappa shape index (κ3) is 4.99. The second kappa shape index (κ2) is 8.38. The second-order valence-corrected chi connectivity index (χ2v) is 5.93. The Morgan fingerprint density at radius 1 is 0.885 bits per heavy atom. The maximum atomic E-state index is 13.6. The molecule has 0 saturated carbocycles. The average molecular weight is 354 g/mol. The number of hydrogen-bond donors (Lipinski definition) is 2. The fraction of sp³-hybridized carbons (Fsp3) is 0.200. The lowest BCUT2D eigenvalue weighted by molar-refractivity contribution is 0.610. The van der Waals surface area contributed by atoms with Crippen LogP contribution in [0.5, 0.6) is 0 Å². The molecule has 26 heavy (non-hydrogen) atoms. The van der Waals surface area contributed by atoms with E-state index >= 15 is 0 Å². The number of benzene rings is 2. The predicted molar refractivity (Wildman–Crippen MR) is 99.1 cm³/mol. The molecule has 0 amide bonds. The van der Waals surface area contributed by atoms with Crippen LogP contribution in [0.4, 0.5) is 20.4 Å². The summed E-state index contributed by atoms with van der Waals surface area (Å²) in [6, 6.07) is 14.9. The van der Waals surface area contributed by atoms with Crippen LogP contribution >= 0.6 is 0 Å². The summed E-state index contributed by atoms with van der Waals surface area (Å²) in [5.41, 5.74) is 1.62. The molecule has 0 aliphatic carbocycles. The van der Waals surface area contributed by atoms with Gasteiger partial charge in [-0.3, -0.25) is 0 Å². The minimum absolute atomic E-state index is 0.199. The van der Waals surface area contributed by atoms with Gasteiger partial charge in [-0.25, -0.2) is 18.7 Å².